The molecule has 2 aromatic rings. The van der Waals surface area contributed by atoms with Crippen LogP contribution in [0.5, 0.6) is 0 Å². The van der Waals surface area contributed by atoms with Crippen LogP contribution in [0.2, 0.25) is 0 Å². The molecule has 0 N–H and O–H groups in total. The van der Waals surface area contributed by atoms with Crippen molar-refractivity contribution >= 4 is 11.6 Å². The molecule has 0 bridgehead atoms. The summed E-state index contributed by atoms with van der Waals surface area (Å²) in [7, 11) is 0. The van der Waals surface area contributed by atoms with Crippen molar-refractivity contribution in [3.8, 4) is 0 Å². The quantitative estimate of drug-likeness (QED) is 0.766. The Labute approximate surface area is 105 Å². The number of halogens is 1. The second-order valence-corrected chi connectivity index (χ2v) is 4.59. The van der Waals surface area contributed by atoms with Crippen molar-refractivity contribution in [2.75, 3.05) is 0 Å². The van der Waals surface area contributed by atoms with Crippen LogP contribution in [0, 0.1) is 0 Å². The lowest BCUT2D eigenvalue weighted by molar-refractivity contribution is 0.380. The van der Waals surface area contributed by atoms with Crippen molar-refractivity contribution in [3.05, 3.63) is 47.1 Å². The molecule has 4 heteroatoms. The van der Waals surface area contributed by atoms with Crippen LogP contribution in [0.25, 0.3) is 0 Å². The molecule has 88 valence electrons. The first-order chi connectivity index (χ1) is 8.38. The molecule has 17 heavy (non-hydrogen) atoms. The van der Waals surface area contributed by atoms with E-state index in [0.717, 1.165) is 18.7 Å². The number of nitrogens with zero attached hydrogens (tertiary/aromatic N) is 2. The van der Waals surface area contributed by atoms with Crippen LogP contribution in [0.1, 0.15) is 41.6 Å². The molecule has 0 unspecified atom stereocenters. The van der Waals surface area contributed by atoms with Gasteiger partial charge in [-0.05, 0) is 30.4 Å². The van der Waals surface area contributed by atoms with Gasteiger partial charge in [0, 0.05) is 5.92 Å². The molecule has 0 fully saturated rings. The zero-order valence-electron chi connectivity index (χ0n) is 9.40. The van der Waals surface area contributed by atoms with E-state index in [9.17, 15) is 0 Å². The van der Waals surface area contributed by atoms with Gasteiger partial charge in [-0.15, -0.1) is 11.6 Å². The Morgan fingerprint density at radius 2 is 2.24 bits per heavy atom. The van der Waals surface area contributed by atoms with E-state index < -0.39 is 0 Å². The average Bonchev–Trinajstić information content (AvgIpc) is 2.87. The minimum Gasteiger partial charge on any atom is -0.338 e. The van der Waals surface area contributed by atoms with Crippen molar-refractivity contribution in [2.24, 2.45) is 0 Å². The van der Waals surface area contributed by atoms with Gasteiger partial charge in [-0.2, -0.15) is 4.98 Å². The van der Waals surface area contributed by atoms with Crippen LogP contribution in [-0.4, -0.2) is 10.1 Å². The predicted octanol–water partition coefficient (Wildman–Crippen LogP) is 3.28. The largest absolute Gasteiger partial charge is 0.338 e. The van der Waals surface area contributed by atoms with Crippen molar-refractivity contribution < 1.29 is 4.52 Å². The lowest BCUT2D eigenvalue weighted by Crippen LogP contribution is -2.12. The van der Waals surface area contributed by atoms with E-state index in [-0.39, 0.29) is 11.8 Å². The Balaban J connectivity index is 1.99. The number of rotatable bonds is 2. The lowest BCUT2D eigenvalue weighted by atomic mass is 9.82. The minimum absolute atomic E-state index is 0.265. The summed E-state index contributed by atoms with van der Waals surface area (Å²) in [6, 6.07) is 8.50. The molecule has 0 radical (unpaired) electrons. The van der Waals surface area contributed by atoms with E-state index in [1.54, 1.807) is 0 Å². The Morgan fingerprint density at radius 3 is 3.06 bits per heavy atom. The van der Waals surface area contributed by atoms with Crippen LogP contribution in [0.15, 0.2) is 28.8 Å². The Kier molecular flexibility index (Phi) is 2.85. The van der Waals surface area contributed by atoms with Gasteiger partial charge in [-0.25, -0.2) is 0 Å². The Morgan fingerprint density at radius 1 is 1.35 bits per heavy atom. The van der Waals surface area contributed by atoms with Crippen LogP contribution in [0.3, 0.4) is 0 Å². The third-order valence-electron chi connectivity index (χ3n) is 3.28. The summed E-state index contributed by atoms with van der Waals surface area (Å²) >= 11 is 5.68. The zero-order valence-corrected chi connectivity index (χ0v) is 10.2. The average molecular weight is 249 g/mol. The highest BCUT2D eigenvalue weighted by Crippen LogP contribution is 2.35. The highest BCUT2D eigenvalue weighted by molar-refractivity contribution is 6.16. The topological polar surface area (TPSA) is 38.9 Å². The fourth-order valence-electron chi connectivity index (χ4n) is 2.49. The number of hydrogen-bond donors (Lipinski definition) is 0. The van der Waals surface area contributed by atoms with Crippen molar-refractivity contribution in [3.63, 3.8) is 0 Å². The number of hydrogen-bond acceptors (Lipinski definition) is 3. The predicted molar refractivity (Wildman–Crippen MR) is 65.1 cm³/mol. The van der Waals surface area contributed by atoms with E-state index >= 15 is 0 Å². The van der Waals surface area contributed by atoms with Crippen LogP contribution < -0.4 is 0 Å². The van der Waals surface area contributed by atoms with Gasteiger partial charge in [-0.1, -0.05) is 29.4 Å². The third-order valence-corrected chi connectivity index (χ3v) is 3.51. The molecule has 1 aromatic carbocycles. The summed E-state index contributed by atoms with van der Waals surface area (Å²) in [6.07, 6.45) is 3.40. The molecule has 1 aliphatic rings. The molecule has 0 amide bonds. The Hall–Kier alpha value is -1.35. The molecule has 0 spiro atoms. The van der Waals surface area contributed by atoms with Crippen LogP contribution in [-0.2, 0) is 12.3 Å². The Bertz CT molecular complexity index is 524. The van der Waals surface area contributed by atoms with Gasteiger partial charge in [0.1, 0.15) is 5.88 Å². The second kappa shape index (κ2) is 4.49. The summed E-state index contributed by atoms with van der Waals surface area (Å²) < 4.78 is 5.09. The van der Waals surface area contributed by atoms with E-state index in [4.69, 9.17) is 16.1 Å². The fourth-order valence-corrected chi connectivity index (χ4v) is 2.59. The van der Waals surface area contributed by atoms with Gasteiger partial charge in [-0.3, -0.25) is 0 Å². The van der Waals surface area contributed by atoms with Crippen LogP contribution in [0.4, 0.5) is 0 Å². The van der Waals surface area contributed by atoms with Gasteiger partial charge >= 0.3 is 0 Å². The first kappa shape index (κ1) is 10.8. The van der Waals surface area contributed by atoms with E-state index in [1.807, 2.05) is 0 Å². The minimum atomic E-state index is 0.265. The first-order valence-electron chi connectivity index (χ1n) is 5.84. The van der Waals surface area contributed by atoms with Gasteiger partial charge in [0.05, 0.1) is 0 Å². The number of benzene rings is 1. The highest BCUT2D eigenvalue weighted by Gasteiger charge is 2.25. The lowest BCUT2D eigenvalue weighted by Gasteiger charge is -2.22. The van der Waals surface area contributed by atoms with Gasteiger partial charge in [0.25, 0.3) is 0 Å². The monoisotopic (exact) mass is 248 g/mol. The van der Waals surface area contributed by atoms with E-state index in [2.05, 4.69) is 34.4 Å². The summed E-state index contributed by atoms with van der Waals surface area (Å²) in [5.74, 6) is 1.82. The second-order valence-electron chi connectivity index (χ2n) is 4.32. The molecule has 0 saturated heterocycles. The molecule has 0 saturated carbocycles. The summed E-state index contributed by atoms with van der Waals surface area (Å²) in [4.78, 5) is 4.34. The number of alkyl halides is 1. The summed E-state index contributed by atoms with van der Waals surface area (Å²) in [5, 5.41) is 4.04. The van der Waals surface area contributed by atoms with Gasteiger partial charge < -0.3 is 4.52 Å². The fraction of sp³-hybridized carbons (Fsp3) is 0.385. The molecular formula is C13H13ClN2O. The number of aryl methyl sites for hydroxylation is 1. The number of aromatic nitrogens is 2. The van der Waals surface area contributed by atoms with Crippen molar-refractivity contribution in [2.45, 2.75) is 31.1 Å². The maximum Gasteiger partial charge on any atom is 0.241 e. The smallest absolute Gasteiger partial charge is 0.241 e. The summed E-state index contributed by atoms with van der Waals surface area (Å²) in [5.41, 5.74) is 2.74. The summed E-state index contributed by atoms with van der Waals surface area (Å²) in [6.45, 7) is 0. The van der Waals surface area contributed by atoms with Gasteiger partial charge in [0.15, 0.2) is 5.82 Å². The SMILES string of the molecule is ClCc1nc([C@H]2CCCc3ccccc32)no1. The molecule has 3 nitrogen and oxygen atoms in total. The maximum absolute atomic E-state index is 5.68. The molecule has 1 aromatic heterocycles. The third kappa shape index (κ3) is 1.95. The first-order valence-corrected chi connectivity index (χ1v) is 6.38. The zero-order chi connectivity index (χ0) is 11.7. The molecule has 1 aliphatic carbocycles. The molecule has 3 rings (SSSR count). The van der Waals surface area contributed by atoms with Crippen molar-refractivity contribution in [1.29, 1.82) is 0 Å². The molecule has 1 heterocycles. The normalized spacial score (nSPS) is 19.0. The van der Waals surface area contributed by atoms with Crippen LogP contribution >= 0.6 is 11.6 Å². The highest BCUT2D eigenvalue weighted by atomic mass is 35.5. The number of fused-ring (bicyclic) bond motifs is 1. The molecule has 1 atom stereocenters. The van der Waals surface area contributed by atoms with Crippen molar-refractivity contribution in [1.82, 2.24) is 10.1 Å². The maximum atomic E-state index is 5.68. The standard InChI is InChI=1S/C13H13ClN2O/c14-8-12-15-13(16-17-12)11-7-3-5-9-4-1-2-6-10(9)11/h1-2,4,6,11H,3,5,7-8H2/t11-/m0/s1. The van der Waals surface area contributed by atoms with Gasteiger partial charge in [0.2, 0.25) is 5.89 Å². The van der Waals surface area contributed by atoms with E-state index in [1.165, 1.54) is 17.5 Å². The molecule has 0 aliphatic heterocycles. The van der Waals surface area contributed by atoms with E-state index in [0.29, 0.717) is 5.89 Å². The molecular weight excluding hydrogens is 236 g/mol.